The van der Waals surface area contributed by atoms with Gasteiger partial charge in [0.1, 0.15) is 5.82 Å². The number of carboxylic acid groups (broad SMARTS) is 1. The van der Waals surface area contributed by atoms with Crippen LogP contribution in [0.15, 0.2) is 18.2 Å². The third-order valence-electron chi connectivity index (χ3n) is 3.55. The smallest absolute Gasteiger partial charge is 0.335 e. The number of hydrogen-bond donors (Lipinski definition) is 1. The van der Waals surface area contributed by atoms with Gasteiger partial charge >= 0.3 is 5.97 Å². The standard InChI is InChI=1S/C13H16FNO4S/c1-15(11-4-5-20(18,19)8-11)7-10-3-2-9(13(16)17)6-12(10)14/h2-3,6,11H,4-5,7-8H2,1H3,(H,16,17). The minimum Gasteiger partial charge on any atom is -0.478 e. The first-order valence-electron chi connectivity index (χ1n) is 6.21. The van der Waals surface area contributed by atoms with Crippen LogP contribution in [0.1, 0.15) is 22.3 Å². The lowest BCUT2D eigenvalue weighted by atomic mass is 10.1. The molecule has 0 saturated carbocycles. The second-order valence-corrected chi connectivity index (χ2v) is 7.31. The van der Waals surface area contributed by atoms with Gasteiger partial charge in [-0.25, -0.2) is 17.6 Å². The quantitative estimate of drug-likeness (QED) is 0.903. The van der Waals surface area contributed by atoms with Crippen molar-refractivity contribution in [3.8, 4) is 0 Å². The highest BCUT2D eigenvalue weighted by atomic mass is 32.2. The molecular formula is C13H16FNO4S. The molecule has 1 aliphatic rings. The van der Waals surface area contributed by atoms with Gasteiger partial charge in [0, 0.05) is 18.2 Å². The van der Waals surface area contributed by atoms with Gasteiger partial charge in [0.25, 0.3) is 0 Å². The average molecular weight is 301 g/mol. The van der Waals surface area contributed by atoms with Gasteiger partial charge < -0.3 is 5.11 Å². The molecule has 0 bridgehead atoms. The summed E-state index contributed by atoms with van der Waals surface area (Å²) in [6.45, 7) is 0.256. The maximum atomic E-state index is 13.8. The highest BCUT2D eigenvalue weighted by Crippen LogP contribution is 2.20. The van der Waals surface area contributed by atoms with Gasteiger partial charge in [-0.05, 0) is 25.6 Å². The topological polar surface area (TPSA) is 74.7 Å². The Morgan fingerprint density at radius 2 is 2.20 bits per heavy atom. The van der Waals surface area contributed by atoms with Gasteiger partial charge in [-0.2, -0.15) is 0 Å². The first-order valence-corrected chi connectivity index (χ1v) is 8.03. The molecule has 110 valence electrons. The molecule has 0 radical (unpaired) electrons. The van der Waals surface area contributed by atoms with E-state index in [1.165, 1.54) is 12.1 Å². The van der Waals surface area contributed by atoms with Crippen molar-refractivity contribution in [2.24, 2.45) is 0 Å². The summed E-state index contributed by atoms with van der Waals surface area (Å²) in [5, 5.41) is 8.77. The highest BCUT2D eigenvalue weighted by Gasteiger charge is 2.30. The largest absolute Gasteiger partial charge is 0.478 e. The maximum absolute atomic E-state index is 13.8. The number of rotatable bonds is 4. The van der Waals surface area contributed by atoms with E-state index in [-0.39, 0.29) is 29.7 Å². The Bertz CT molecular complexity index is 629. The van der Waals surface area contributed by atoms with Gasteiger partial charge in [-0.1, -0.05) is 6.07 Å². The van der Waals surface area contributed by atoms with Crippen LogP contribution in [0.3, 0.4) is 0 Å². The predicted octanol–water partition coefficient (Wildman–Crippen LogP) is 1.14. The van der Waals surface area contributed by atoms with Crippen LogP contribution in [0, 0.1) is 5.82 Å². The fraction of sp³-hybridized carbons (Fsp3) is 0.462. The number of carboxylic acids is 1. The number of halogens is 1. The number of carbonyl (C=O) groups is 1. The first-order chi connectivity index (χ1) is 9.28. The summed E-state index contributed by atoms with van der Waals surface area (Å²) < 4.78 is 36.6. The number of benzene rings is 1. The number of aromatic carboxylic acids is 1. The van der Waals surface area contributed by atoms with E-state index in [4.69, 9.17) is 5.11 Å². The monoisotopic (exact) mass is 301 g/mol. The fourth-order valence-electron chi connectivity index (χ4n) is 2.33. The molecule has 20 heavy (non-hydrogen) atoms. The van der Waals surface area contributed by atoms with E-state index in [0.717, 1.165) is 6.07 Å². The van der Waals surface area contributed by atoms with E-state index in [1.807, 2.05) is 0 Å². The summed E-state index contributed by atoms with van der Waals surface area (Å²) >= 11 is 0. The molecule has 1 fully saturated rings. The first kappa shape index (κ1) is 14.9. The molecule has 5 nitrogen and oxygen atoms in total. The molecule has 0 spiro atoms. The van der Waals surface area contributed by atoms with Crippen LogP contribution in [0.25, 0.3) is 0 Å². The molecule has 0 aromatic heterocycles. The molecule has 0 amide bonds. The summed E-state index contributed by atoms with van der Waals surface area (Å²) in [6, 6.07) is 3.65. The van der Waals surface area contributed by atoms with Crippen molar-refractivity contribution in [1.29, 1.82) is 0 Å². The molecule has 0 aliphatic carbocycles. The Hall–Kier alpha value is -1.47. The molecule has 7 heteroatoms. The third-order valence-corrected chi connectivity index (χ3v) is 5.30. The number of nitrogens with zero attached hydrogens (tertiary/aromatic N) is 1. The minimum absolute atomic E-state index is 0.0956. The van der Waals surface area contributed by atoms with Crippen molar-refractivity contribution >= 4 is 15.8 Å². The zero-order chi connectivity index (χ0) is 14.9. The van der Waals surface area contributed by atoms with Crippen LogP contribution in [0.2, 0.25) is 0 Å². The Morgan fingerprint density at radius 3 is 2.70 bits per heavy atom. The normalized spacial score (nSPS) is 21.2. The zero-order valence-electron chi connectivity index (χ0n) is 11.0. The van der Waals surface area contributed by atoms with E-state index in [2.05, 4.69) is 0 Å². The van der Waals surface area contributed by atoms with Crippen molar-refractivity contribution in [1.82, 2.24) is 4.90 Å². The fourth-order valence-corrected chi connectivity index (χ4v) is 4.13. The molecule has 1 atom stereocenters. The molecular weight excluding hydrogens is 285 g/mol. The zero-order valence-corrected chi connectivity index (χ0v) is 11.9. The molecule has 1 aliphatic heterocycles. The Morgan fingerprint density at radius 1 is 1.50 bits per heavy atom. The van der Waals surface area contributed by atoms with Crippen molar-refractivity contribution in [2.45, 2.75) is 19.0 Å². The molecule has 1 aromatic carbocycles. The molecule has 1 saturated heterocycles. The molecule has 1 unspecified atom stereocenters. The van der Waals surface area contributed by atoms with Gasteiger partial charge in [0.15, 0.2) is 9.84 Å². The lowest BCUT2D eigenvalue weighted by Crippen LogP contribution is -2.32. The van der Waals surface area contributed by atoms with E-state index in [9.17, 15) is 17.6 Å². The molecule has 2 rings (SSSR count). The van der Waals surface area contributed by atoms with E-state index in [0.29, 0.717) is 12.0 Å². The van der Waals surface area contributed by atoms with Crippen molar-refractivity contribution in [2.75, 3.05) is 18.6 Å². The minimum atomic E-state index is -2.97. The van der Waals surface area contributed by atoms with Crippen molar-refractivity contribution < 1.29 is 22.7 Å². The van der Waals surface area contributed by atoms with Gasteiger partial charge in [-0.3, -0.25) is 4.90 Å². The van der Waals surface area contributed by atoms with E-state index < -0.39 is 21.6 Å². The average Bonchev–Trinajstić information content (AvgIpc) is 2.72. The third kappa shape index (κ3) is 3.34. The van der Waals surface area contributed by atoms with Crippen LogP contribution < -0.4 is 0 Å². The molecule has 1 N–H and O–H groups in total. The van der Waals surface area contributed by atoms with Crippen LogP contribution in [-0.4, -0.2) is 49.0 Å². The van der Waals surface area contributed by atoms with Crippen LogP contribution in [-0.2, 0) is 16.4 Å². The van der Waals surface area contributed by atoms with Crippen molar-refractivity contribution in [3.05, 3.63) is 35.1 Å². The highest BCUT2D eigenvalue weighted by molar-refractivity contribution is 7.91. The van der Waals surface area contributed by atoms with Crippen LogP contribution >= 0.6 is 0 Å². The Balaban J connectivity index is 2.08. The Kier molecular flexibility index (Phi) is 4.10. The lowest BCUT2D eigenvalue weighted by Gasteiger charge is -2.23. The van der Waals surface area contributed by atoms with E-state index in [1.54, 1.807) is 11.9 Å². The second-order valence-electron chi connectivity index (χ2n) is 5.08. The SMILES string of the molecule is CN(Cc1ccc(C(=O)O)cc1F)C1CCS(=O)(=O)C1. The molecule has 1 aromatic rings. The number of hydrogen-bond acceptors (Lipinski definition) is 4. The number of sulfone groups is 1. The van der Waals surface area contributed by atoms with Crippen LogP contribution in [0.5, 0.6) is 0 Å². The Labute approximate surface area is 116 Å². The summed E-state index contributed by atoms with van der Waals surface area (Å²) in [5.41, 5.74) is 0.263. The molecule has 1 heterocycles. The van der Waals surface area contributed by atoms with E-state index >= 15 is 0 Å². The predicted molar refractivity (Wildman–Crippen MR) is 71.9 cm³/mol. The maximum Gasteiger partial charge on any atom is 0.335 e. The van der Waals surface area contributed by atoms with Gasteiger partial charge in [0.05, 0.1) is 17.1 Å². The summed E-state index contributed by atoms with van der Waals surface area (Å²) in [5.74, 6) is -1.50. The summed E-state index contributed by atoms with van der Waals surface area (Å²) in [4.78, 5) is 12.5. The van der Waals surface area contributed by atoms with Gasteiger partial charge in [-0.15, -0.1) is 0 Å². The summed E-state index contributed by atoms with van der Waals surface area (Å²) in [6.07, 6.45) is 0.549. The second kappa shape index (κ2) is 5.49. The summed E-state index contributed by atoms with van der Waals surface area (Å²) in [7, 11) is -1.23. The lowest BCUT2D eigenvalue weighted by molar-refractivity contribution is 0.0696. The van der Waals surface area contributed by atoms with Crippen LogP contribution in [0.4, 0.5) is 4.39 Å². The van der Waals surface area contributed by atoms with Gasteiger partial charge in [0.2, 0.25) is 0 Å². The van der Waals surface area contributed by atoms with Crippen molar-refractivity contribution in [3.63, 3.8) is 0 Å².